The van der Waals surface area contributed by atoms with Gasteiger partial charge in [0.1, 0.15) is 11.6 Å². The van der Waals surface area contributed by atoms with Gasteiger partial charge in [-0.15, -0.1) is 0 Å². The summed E-state index contributed by atoms with van der Waals surface area (Å²) in [5, 5.41) is 0. The first kappa shape index (κ1) is 20.8. The zero-order chi connectivity index (χ0) is 22.9. The third-order valence-electron chi connectivity index (χ3n) is 5.97. The third kappa shape index (κ3) is 4.07. The van der Waals surface area contributed by atoms with E-state index >= 15 is 0 Å². The largest absolute Gasteiger partial charge is 0.384 e. The highest BCUT2D eigenvalue weighted by molar-refractivity contribution is 6.00. The molecular weight excluding hydrogens is 410 g/mol. The number of nitrogen functional groups attached to an aromatic ring is 1. The molecule has 6 heteroatoms. The summed E-state index contributed by atoms with van der Waals surface area (Å²) in [6.45, 7) is 4.78. The topological polar surface area (TPSA) is 85.0 Å². The number of amides is 1. The van der Waals surface area contributed by atoms with Gasteiger partial charge in [-0.3, -0.25) is 9.69 Å². The van der Waals surface area contributed by atoms with Gasteiger partial charge in [-0.25, -0.2) is 15.0 Å². The van der Waals surface area contributed by atoms with Crippen LogP contribution < -0.4 is 10.6 Å². The second kappa shape index (κ2) is 8.47. The molecule has 6 nitrogen and oxygen atoms in total. The smallest absolute Gasteiger partial charge is 0.233 e. The van der Waals surface area contributed by atoms with Crippen LogP contribution in [-0.4, -0.2) is 20.9 Å². The number of carbonyl (C=O) groups is 1. The van der Waals surface area contributed by atoms with E-state index in [4.69, 9.17) is 10.7 Å². The molecule has 1 aliphatic heterocycles. The average Bonchev–Trinajstić information content (AvgIpc) is 3.13. The number of rotatable bonds is 5. The fourth-order valence-electron chi connectivity index (χ4n) is 4.24. The molecule has 4 aromatic rings. The summed E-state index contributed by atoms with van der Waals surface area (Å²) in [7, 11) is 0. The zero-order valence-corrected chi connectivity index (χ0v) is 18.7. The number of anilines is 2. The number of carbonyl (C=O) groups excluding carboxylic acids is 1. The fourth-order valence-corrected chi connectivity index (χ4v) is 4.24. The molecule has 164 valence electrons. The quantitative estimate of drug-likeness (QED) is 0.477. The lowest BCUT2D eigenvalue weighted by molar-refractivity contribution is -0.117. The summed E-state index contributed by atoms with van der Waals surface area (Å²) in [5.41, 5.74) is 12.0. The SMILES string of the molecule is CC(C)c1ccccc1-c1ncc2c(n1)N(Cc1ccc(-c3ccnc(N)c3)cc1)C(=O)C2. The van der Waals surface area contributed by atoms with Gasteiger partial charge >= 0.3 is 0 Å². The van der Waals surface area contributed by atoms with Gasteiger partial charge in [0.2, 0.25) is 5.91 Å². The Labute approximate surface area is 193 Å². The lowest BCUT2D eigenvalue weighted by atomic mass is 9.97. The van der Waals surface area contributed by atoms with Gasteiger partial charge in [0, 0.05) is 23.5 Å². The maximum absolute atomic E-state index is 12.8. The molecule has 0 unspecified atom stereocenters. The second-order valence-electron chi connectivity index (χ2n) is 8.61. The minimum absolute atomic E-state index is 0.0413. The van der Waals surface area contributed by atoms with Gasteiger partial charge in [0.25, 0.3) is 0 Å². The molecule has 0 saturated carbocycles. The summed E-state index contributed by atoms with van der Waals surface area (Å²) in [6.07, 6.45) is 3.83. The van der Waals surface area contributed by atoms with Crippen molar-refractivity contribution in [1.82, 2.24) is 15.0 Å². The number of nitrogens with zero attached hydrogens (tertiary/aromatic N) is 4. The van der Waals surface area contributed by atoms with Crippen molar-refractivity contribution < 1.29 is 4.79 Å². The Hall–Kier alpha value is -4.06. The van der Waals surface area contributed by atoms with Crippen molar-refractivity contribution in [3.63, 3.8) is 0 Å². The van der Waals surface area contributed by atoms with Gasteiger partial charge in [-0.2, -0.15) is 0 Å². The van der Waals surface area contributed by atoms with Gasteiger partial charge in [0.05, 0.1) is 13.0 Å². The number of benzene rings is 2. The minimum Gasteiger partial charge on any atom is -0.384 e. The summed E-state index contributed by atoms with van der Waals surface area (Å²) in [4.78, 5) is 28.1. The van der Waals surface area contributed by atoms with Crippen LogP contribution in [0.3, 0.4) is 0 Å². The van der Waals surface area contributed by atoms with Gasteiger partial charge < -0.3 is 5.73 Å². The van der Waals surface area contributed by atoms with Crippen molar-refractivity contribution in [1.29, 1.82) is 0 Å². The van der Waals surface area contributed by atoms with E-state index in [-0.39, 0.29) is 5.91 Å². The van der Waals surface area contributed by atoms with E-state index in [0.717, 1.165) is 27.8 Å². The molecule has 0 saturated heterocycles. The molecule has 0 spiro atoms. The summed E-state index contributed by atoms with van der Waals surface area (Å²) >= 11 is 0. The molecular formula is C27H25N5O. The molecule has 2 aromatic heterocycles. The highest BCUT2D eigenvalue weighted by Gasteiger charge is 2.30. The third-order valence-corrected chi connectivity index (χ3v) is 5.97. The highest BCUT2D eigenvalue weighted by atomic mass is 16.2. The van der Waals surface area contributed by atoms with E-state index in [1.807, 2.05) is 54.6 Å². The number of aromatic nitrogens is 3. The molecule has 0 aliphatic carbocycles. The second-order valence-corrected chi connectivity index (χ2v) is 8.61. The predicted molar refractivity (Wildman–Crippen MR) is 131 cm³/mol. The molecule has 0 radical (unpaired) electrons. The van der Waals surface area contributed by atoms with Crippen molar-refractivity contribution in [2.75, 3.05) is 10.6 Å². The molecule has 3 heterocycles. The van der Waals surface area contributed by atoms with Crippen LogP contribution in [0, 0.1) is 0 Å². The summed E-state index contributed by atoms with van der Waals surface area (Å²) in [6, 6.07) is 20.1. The molecule has 1 aliphatic rings. The van der Waals surface area contributed by atoms with E-state index in [1.54, 1.807) is 17.3 Å². The Morgan fingerprint density at radius 2 is 1.79 bits per heavy atom. The van der Waals surface area contributed by atoms with Crippen LogP contribution in [0.5, 0.6) is 0 Å². The first-order valence-electron chi connectivity index (χ1n) is 11.1. The predicted octanol–water partition coefficient (Wildman–Crippen LogP) is 5.00. The molecule has 0 atom stereocenters. The average molecular weight is 436 g/mol. The van der Waals surface area contributed by atoms with Crippen molar-refractivity contribution in [2.45, 2.75) is 32.7 Å². The van der Waals surface area contributed by atoms with Crippen LogP contribution in [-0.2, 0) is 17.8 Å². The Kier molecular flexibility index (Phi) is 5.34. The number of pyridine rings is 1. The molecule has 0 bridgehead atoms. The standard InChI is InChI=1S/C27H25N5O/c1-17(2)22-5-3-4-6-23(22)26-30-15-21-14-25(33)32(27(21)31-26)16-18-7-9-19(10-8-18)20-11-12-29-24(28)13-20/h3-13,15,17H,14,16H2,1-2H3,(H2,28,29). The molecule has 5 rings (SSSR count). The van der Waals surface area contributed by atoms with Gasteiger partial charge in [-0.05, 0) is 40.3 Å². The van der Waals surface area contributed by atoms with Crippen molar-refractivity contribution in [2.24, 2.45) is 0 Å². The Morgan fingerprint density at radius 3 is 2.55 bits per heavy atom. The maximum Gasteiger partial charge on any atom is 0.233 e. The van der Waals surface area contributed by atoms with Gasteiger partial charge in [0.15, 0.2) is 5.82 Å². The van der Waals surface area contributed by atoms with Crippen LogP contribution in [0.2, 0.25) is 0 Å². The normalized spacial score (nSPS) is 12.9. The Bertz CT molecular complexity index is 1330. The Morgan fingerprint density at radius 1 is 1.00 bits per heavy atom. The van der Waals surface area contributed by atoms with E-state index in [1.165, 1.54) is 5.56 Å². The first-order chi connectivity index (χ1) is 16.0. The van der Waals surface area contributed by atoms with E-state index in [0.29, 0.717) is 36.3 Å². The summed E-state index contributed by atoms with van der Waals surface area (Å²) < 4.78 is 0. The van der Waals surface area contributed by atoms with Crippen LogP contribution in [0.15, 0.2) is 73.1 Å². The van der Waals surface area contributed by atoms with Crippen LogP contribution in [0.1, 0.15) is 36.5 Å². The fraction of sp³-hybridized carbons (Fsp3) is 0.185. The summed E-state index contributed by atoms with van der Waals surface area (Å²) in [5.74, 6) is 2.24. The molecule has 33 heavy (non-hydrogen) atoms. The number of hydrogen-bond donors (Lipinski definition) is 1. The molecule has 1 amide bonds. The minimum atomic E-state index is 0.0413. The number of fused-ring (bicyclic) bond motifs is 1. The molecule has 2 aromatic carbocycles. The monoisotopic (exact) mass is 435 g/mol. The lowest BCUT2D eigenvalue weighted by Crippen LogP contribution is -2.26. The Balaban J connectivity index is 1.44. The van der Waals surface area contributed by atoms with Gasteiger partial charge in [-0.1, -0.05) is 62.4 Å². The van der Waals surface area contributed by atoms with Crippen LogP contribution >= 0.6 is 0 Å². The van der Waals surface area contributed by atoms with Crippen molar-refractivity contribution in [3.05, 3.63) is 89.7 Å². The molecule has 0 fully saturated rings. The van der Waals surface area contributed by atoms with Crippen molar-refractivity contribution >= 4 is 17.5 Å². The van der Waals surface area contributed by atoms with Crippen molar-refractivity contribution in [3.8, 4) is 22.5 Å². The first-order valence-corrected chi connectivity index (χ1v) is 11.1. The van der Waals surface area contributed by atoms with Crippen LogP contribution in [0.4, 0.5) is 11.6 Å². The number of nitrogens with two attached hydrogens (primary N) is 1. The number of hydrogen-bond acceptors (Lipinski definition) is 5. The van der Waals surface area contributed by atoms with E-state index < -0.39 is 0 Å². The zero-order valence-electron chi connectivity index (χ0n) is 18.7. The van der Waals surface area contributed by atoms with E-state index in [2.05, 4.69) is 29.9 Å². The van der Waals surface area contributed by atoms with E-state index in [9.17, 15) is 4.79 Å². The lowest BCUT2D eigenvalue weighted by Gasteiger charge is -2.18. The highest BCUT2D eigenvalue weighted by Crippen LogP contribution is 2.33. The van der Waals surface area contributed by atoms with Crippen LogP contribution in [0.25, 0.3) is 22.5 Å². The maximum atomic E-state index is 12.8. The molecule has 2 N–H and O–H groups in total.